The summed E-state index contributed by atoms with van der Waals surface area (Å²) < 4.78 is 53.0. The zero-order valence-corrected chi connectivity index (χ0v) is 25.1. The number of aliphatic hydroxyl groups excluding tert-OH is 1. The number of carbonyl (C=O) groups is 2. The van der Waals surface area contributed by atoms with E-state index in [1.54, 1.807) is 45.3 Å². The number of amides is 3. The summed E-state index contributed by atoms with van der Waals surface area (Å²) in [6.07, 6.45) is -0.561. The van der Waals surface area contributed by atoms with Crippen molar-refractivity contribution in [2.24, 2.45) is 5.92 Å². The van der Waals surface area contributed by atoms with Gasteiger partial charge in [-0.25, -0.2) is 17.6 Å². The lowest BCUT2D eigenvalue weighted by Gasteiger charge is -2.38. The Bertz CT molecular complexity index is 1550. The van der Waals surface area contributed by atoms with Gasteiger partial charge >= 0.3 is 6.03 Å². The minimum Gasteiger partial charge on any atom is -0.497 e. The molecule has 3 aromatic carbocycles. The number of methoxy groups -OCH3 is 1. The number of halogens is 1. The average molecular weight is 615 g/mol. The number of hydrogen-bond acceptors (Lipinski definition) is 7. The van der Waals surface area contributed by atoms with Crippen molar-refractivity contribution in [2.45, 2.75) is 30.9 Å². The van der Waals surface area contributed by atoms with E-state index in [-0.39, 0.29) is 53.5 Å². The van der Waals surface area contributed by atoms with Crippen LogP contribution in [0.15, 0.2) is 71.6 Å². The molecule has 230 valence electrons. The van der Waals surface area contributed by atoms with Gasteiger partial charge in [-0.3, -0.25) is 9.52 Å². The first-order chi connectivity index (χ1) is 20.4. The Hall–Kier alpha value is -4.36. The highest BCUT2D eigenvalue weighted by atomic mass is 32.2. The molecular weight excluding hydrogens is 579 g/mol. The highest BCUT2D eigenvalue weighted by molar-refractivity contribution is 7.92. The van der Waals surface area contributed by atoms with Crippen LogP contribution in [0.3, 0.4) is 0 Å². The van der Waals surface area contributed by atoms with Gasteiger partial charge in [0.25, 0.3) is 15.9 Å². The molecule has 43 heavy (non-hydrogen) atoms. The van der Waals surface area contributed by atoms with E-state index in [9.17, 15) is 27.5 Å². The molecule has 13 heteroatoms. The maximum atomic E-state index is 13.7. The molecule has 0 aliphatic carbocycles. The number of benzene rings is 3. The molecule has 0 unspecified atom stereocenters. The fraction of sp³-hybridized carbons (Fsp3) is 0.333. The first-order valence-corrected chi connectivity index (χ1v) is 15.1. The predicted molar refractivity (Wildman–Crippen MR) is 159 cm³/mol. The third kappa shape index (κ3) is 7.54. The zero-order chi connectivity index (χ0) is 31.3. The molecule has 11 nitrogen and oxygen atoms in total. The van der Waals surface area contributed by atoms with Crippen LogP contribution < -0.4 is 19.5 Å². The zero-order valence-electron chi connectivity index (χ0n) is 24.3. The molecule has 0 bridgehead atoms. The van der Waals surface area contributed by atoms with Crippen molar-refractivity contribution >= 4 is 33.3 Å². The van der Waals surface area contributed by atoms with E-state index in [1.807, 2.05) is 6.92 Å². The summed E-state index contributed by atoms with van der Waals surface area (Å²) in [5, 5.41) is 12.7. The van der Waals surface area contributed by atoms with E-state index in [4.69, 9.17) is 9.47 Å². The molecule has 1 aliphatic heterocycles. The van der Waals surface area contributed by atoms with E-state index < -0.39 is 33.9 Å². The van der Waals surface area contributed by atoms with E-state index in [0.29, 0.717) is 11.4 Å². The third-order valence-electron chi connectivity index (χ3n) is 7.18. The lowest BCUT2D eigenvalue weighted by atomic mass is 9.99. The number of carbonyl (C=O) groups excluding carboxylic acids is 2. The number of rotatable bonds is 9. The number of anilines is 2. The monoisotopic (exact) mass is 614 g/mol. The molecule has 3 amide bonds. The Morgan fingerprint density at radius 1 is 1.14 bits per heavy atom. The Kier molecular flexibility index (Phi) is 9.77. The van der Waals surface area contributed by atoms with Crippen LogP contribution in [-0.4, -0.2) is 81.3 Å². The van der Waals surface area contributed by atoms with E-state index in [1.165, 1.54) is 28.0 Å². The fourth-order valence-electron chi connectivity index (χ4n) is 4.58. The number of urea groups is 1. The van der Waals surface area contributed by atoms with E-state index in [0.717, 1.165) is 24.3 Å². The van der Waals surface area contributed by atoms with Crippen molar-refractivity contribution in [1.29, 1.82) is 0 Å². The standard InChI is InChI=1S/C30H35FN4O7S/c1-19-16-35(20(2)18-36)29(37)26-15-23(33-43(39,40)25-12-5-21(31)6-13-25)9-14-27(26)42-28(19)17-34(3)30(38)32-22-7-10-24(41-4)11-8-22/h5-15,19-20,28,33,36H,16-18H2,1-4H3,(H,32,38)/t19-,20-,28+/m0/s1. The van der Waals surface area contributed by atoms with Crippen LogP contribution in [0.1, 0.15) is 24.2 Å². The molecule has 3 atom stereocenters. The first kappa shape index (κ1) is 31.6. The second-order valence-corrected chi connectivity index (χ2v) is 12.1. The average Bonchev–Trinajstić information content (AvgIpc) is 2.99. The highest BCUT2D eigenvalue weighted by Crippen LogP contribution is 2.31. The van der Waals surface area contributed by atoms with Gasteiger partial charge in [0.15, 0.2) is 0 Å². The van der Waals surface area contributed by atoms with Gasteiger partial charge in [0, 0.05) is 30.9 Å². The number of hydrogen-bond donors (Lipinski definition) is 3. The van der Waals surface area contributed by atoms with Crippen LogP contribution in [0.2, 0.25) is 0 Å². The van der Waals surface area contributed by atoms with Gasteiger partial charge in [0.05, 0.1) is 36.8 Å². The molecule has 3 N–H and O–H groups in total. The number of fused-ring (bicyclic) bond motifs is 1. The van der Waals surface area contributed by atoms with Crippen LogP contribution in [0.25, 0.3) is 0 Å². The van der Waals surface area contributed by atoms with Crippen molar-refractivity contribution in [3.8, 4) is 11.5 Å². The molecule has 0 fully saturated rings. The van der Waals surface area contributed by atoms with Gasteiger partial charge in [0.1, 0.15) is 23.4 Å². The normalized spacial score (nSPS) is 17.5. The predicted octanol–water partition coefficient (Wildman–Crippen LogP) is 4.02. The summed E-state index contributed by atoms with van der Waals surface area (Å²) in [7, 11) is -0.900. The number of aliphatic hydroxyl groups is 1. The third-order valence-corrected chi connectivity index (χ3v) is 8.58. The Morgan fingerprint density at radius 3 is 2.42 bits per heavy atom. The van der Waals surface area contributed by atoms with Crippen LogP contribution in [0, 0.1) is 11.7 Å². The Labute approximate surface area is 250 Å². The molecule has 1 aliphatic rings. The van der Waals surface area contributed by atoms with Gasteiger partial charge in [-0.2, -0.15) is 0 Å². The second-order valence-electron chi connectivity index (χ2n) is 10.4. The summed E-state index contributed by atoms with van der Waals surface area (Å²) in [4.78, 5) is 29.5. The van der Waals surface area contributed by atoms with Gasteiger partial charge in [0.2, 0.25) is 0 Å². The minimum atomic E-state index is -4.08. The number of nitrogens with zero attached hydrogens (tertiary/aromatic N) is 2. The summed E-state index contributed by atoms with van der Waals surface area (Å²) in [6, 6.07) is 14.6. The smallest absolute Gasteiger partial charge is 0.321 e. The SMILES string of the molecule is COc1ccc(NC(=O)N(C)C[C@H]2Oc3ccc(NS(=O)(=O)c4ccc(F)cc4)cc3C(=O)N([C@@H](C)CO)C[C@@H]2C)cc1. The van der Waals surface area contributed by atoms with Gasteiger partial charge in [-0.1, -0.05) is 6.92 Å². The maximum Gasteiger partial charge on any atom is 0.321 e. The van der Waals surface area contributed by atoms with Gasteiger partial charge in [-0.15, -0.1) is 0 Å². The number of ether oxygens (including phenoxy) is 2. The molecule has 0 saturated carbocycles. The molecule has 0 spiro atoms. The largest absolute Gasteiger partial charge is 0.497 e. The van der Waals surface area contributed by atoms with Crippen molar-refractivity contribution in [2.75, 3.05) is 43.9 Å². The molecule has 0 saturated heterocycles. The van der Waals surface area contributed by atoms with Crippen molar-refractivity contribution in [3.63, 3.8) is 0 Å². The number of likely N-dealkylation sites (N-methyl/N-ethyl adjacent to an activating group) is 1. The van der Waals surface area contributed by atoms with E-state index >= 15 is 0 Å². The van der Waals surface area contributed by atoms with Crippen LogP contribution in [0.4, 0.5) is 20.6 Å². The molecule has 0 aromatic heterocycles. The van der Waals surface area contributed by atoms with Crippen molar-refractivity contribution < 1.29 is 37.0 Å². The van der Waals surface area contributed by atoms with Crippen LogP contribution >= 0.6 is 0 Å². The van der Waals surface area contributed by atoms with Crippen LogP contribution in [-0.2, 0) is 10.0 Å². The number of nitrogens with one attached hydrogen (secondary N) is 2. The molecule has 1 heterocycles. The van der Waals surface area contributed by atoms with E-state index in [2.05, 4.69) is 10.0 Å². The summed E-state index contributed by atoms with van der Waals surface area (Å²) in [5.74, 6) is -0.419. The topological polar surface area (TPSA) is 138 Å². The Balaban J connectivity index is 1.59. The van der Waals surface area contributed by atoms with Crippen molar-refractivity contribution in [3.05, 3.63) is 78.1 Å². The highest BCUT2D eigenvalue weighted by Gasteiger charge is 2.34. The Morgan fingerprint density at radius 2 is 1.79 bits per heavy atom. The fourth-order valence-corrected chi connectivity index (χ4v) is 5.63. The number of sulfonamides is 1. The maximum absolute atomic E-state index is 13.7. The second kappa shape index (κ2) is 13.3. The molecule has 4 rings (SSSR count). The summed E-state index contributed by atoms with van der Waals surface area (Å²) in [5.41, 5.74) is 0.762. The first-order valence-electron chi connectivity index (χ1n) is 13.6. The molecule has 0 radical (unpaired) electrons. The molecule has 3 aromatic rings. The lowest BCUT2D eigenvalue weighted by molar-refractivity contribution is 0.0371. The summed E-state index contributed by atoms with van der Waals surface area (Å²) in [6.45, 7) is 3.68. The quantitative estimate of drug-likeness (QED) is 0.331. The summed E-state index contributed by atoms with van der Waals surface area (Å²) >= 11 is 0. The van der Waals surface area contributed by atoms with Gasteiger partial charge in [-0.05, 0) is 73.7 Å². The minimum absolute atomic E-state index is 0.0850. The van der Waals surface area contributed by atoms with Gasteiger partial charge < -0.3 is 29.7 Å². The lowest BCUT2D eigenvalue weighted by Crippen LogP contribution is -2.50. The molecular formula is C30H35FN4O7S. The van der Waals surface area contributed by atoms with Crippen LogP contribution in [0.5, 0.6) is 11.5 Å². The van der Waals surface area contributed by atoms with Crippen molar-refractivity contribution in [1.82, 2.24) is 9.80 Å².